The molecule has 2 aliphatic rings. The minimum atomic E-state index is 0.734. The summed E-state index contributed by atoms with van der Waals surface area (Å²) >= 11 is 0. The van der Waals surface area contributed by atoms with Crippen LogP contribution in [0.1, 0.15) is 71.1 Å². The van der Waals surface area contributed by atoms with Crippen LogP contribution in [-0.4, -0.2) is 36.6 Å². The third-order valence-electron chi connectivity index (χ3n) is 5.17. The first-order valence-corrected chi connectivity index (χ1v) is 8.29. The average Bonchev–Trinajstić information content (AvgIpc) is 2.39. The van der Waals surface area contributed by atoms with Crippen LogP contribution in [0, 0.1) is 0 Å². The van der Waals surface area contributed by atoms with Gasteiger partial charge in [-0.1, -0.05) is 39.0 Å². The predicted octanol–water partition coefficient (Wildman–Crippen LogP) is 3.56. The molecule has 0 radical (unpaired) electrons. The predicted molar refractivity (Wildman–Crippen MR) is 79.0 cm³/mol. The highest BCUT2D eigenvalue weighted by Gasteiger charge is 2.32. The van der Waals surface area contributed by atoms with Gasteiger partial charge in [-0.05, 0) is 45.7 Å². The third kappa shape index (κ3) is 3.48. The SMILES string of the molecule is CCC1CCCCN1C1CCCCCCC1NC. The smallest absolute Gasteiger partial charge is 0.0252 e. The van der Waals surface area contributed by atoms with E-state index in [0.717, 1.165) is 18.1 Å². The van der Waals surface area contributed by atoms with E-state index in [9.17, 15) is 0 Å². The Morgan fingerprint density at radius 3 is 2.39 bits per heavy atom. The van der Waals surface area contributed by atoms with Crippen molar-refractivity contribution in [3.8, 4) is 0 Å². The maximum absolute atomic E-state index is 3.62. The van der Waals surface area contributed by atoms with E-state index >= 15 is 0 Å². The second-order valence-electron chi connectivity index (χ2n) is 6.25. The fourth-order valence-electron chi connectivity index (χ4n) is 4.10. The topological polar surface area (TPSA) is 15.3 Å². The normalized spacial score (nSPS) is 36.0. The van der Waals surface area contributed by atoms with Crippen molar-refractivity contribution in [2.24, 2.45) is 0 Å². The minimum Gasteiger partial charge on any atom is -0.315 e. The second kappa shape index (κ2) is 7.49. The van der Waals surface area contributed by atoms with E-state index in [-0.39, 0.29) is 0 Å². The van der Waals surface area contributed by atoms with Crippen LogP contribution in [0.15, 0.2) is 0 Å². The minimum absolute atomic E-state index is 0.734. The van der Waals surface area contributed by atoms with Crippen LogP contribution >= 0.6 is 0 Å². The summed E-state index contributed by atoms with van der Waals surface area (Å²) in [5, 5.41) is 3.62. The molecule has 1 saturated carbocycles. The summed E-state index contributed by atoms with van der Waals surface area (Å²) in [5.41, 5.74) is 0. The van der Waals surface area contributed by atoms with Crippen LogP contribution in [0.25, 0.3) is 0 Å². The number of rotatable bonds is 3. The Morgan fingerprint density at radius 1 is 0.944 bits per heavy atom. The van der Waals surface area contributed by atoms with Gasteiger partial charge in [-0.25, -0.2) is 0 Å². The molecule has 106 valence electrons. The molecule has 0 aromatic rings. The molecule has 1 N–H and O–H groups in total. The van der Waals surface area contributed by atoms with E-state index in [1.165, 1.54) is 70.8 Å². The first kappa shape index (κ1) is 14.3. The zero-order valence-electron chi connectivity index (χ0n) is 12.5. The molecule has 2 rings (SSSR count). The van der Waals surface area contributed by atoms with Gasteiger partial charge in [0.25, 0.3) is 0 Å². The van der Waals surface area contributed by atoms with Crippen molar-refractivity contribution in [3.05, 3.63) is 0 Å². The zero-order chi connectivity index (χ0) is 12.8. The summed E-state index contributed by atoms with van der Waals surface area (Å²) in [7, 11) is 2.17. The maximum atomic E-state index is 3.62. The van der Waals surface area contributed by atoms with Gasteiger partial charge in [0.2, 0.25) is 0 Å². The summed E-state index contributed by atoms with van der Waals surface area (Å²) in [6, 6.07) is 2.40. The molecule has 2 heteroatoms. The van der Waals surface area contributed by atoms with Crippen LogP contribution in [0.4, 0.5) is 0 Å². The number of hydrogen-bond donors (Lipinski definition) is 1. The summed E-state index contributed by atoms with van der Waals surface area (Å²) in [6.45, 7) is 3.72. The number of nitrogens with zero attached hydrogens (tertiary/aromatic N) is 1. The fourth-order valence-corrected chi connectivity index (χ4v) is 4.10. The Hall–Kier alpha value is -0.0800. The van der Waals surface area contributed by atoms with Gasteiger partial charge in [-0.3, -0.25) is 4.90 Å². The van der Waals surface area contributed by atoms with Crippen LogP contribution in [0.5, 0.6) is 0 Å². The molecule has 3 unspecified atom stereocenters. The van der Waals surface area contributed by atoms with Crippen LogP contribution in [0.3, 0.4) is 0 Å². The van der Waals surface area contributed by atoms with E-state index in [2.05, 4.69) is 24.2 Å². The Bertz CT molecular complexity index is 229. The number of likely N-dealkylation sites (N-methyl/N-ethyl adjacent to an activating group) is 1. The fraction of sp³-hybridized carbons (Fsp3) is 1.00. The molecule has 0 aromatic heterocycles. The molecule has 1 heterocycles. The maximum Gasteiger partial charge on any atom is 0.0252 e. The molecule has 1 saturated heterocycles. The lowest BCUT2D eigenvalue weighted by Gasteiger charge is -2.45. The van der Waals surface area contributed by atoms with Crippen molar-refractivity contribution in [2.75, 3.05) is 13.6 Å². The van der Waals surface area contributed by atoms with Gasteiger partial charge < -0.3 is 5.32 Å². The van der Waals surface area contributed by atoms with E-state index < -0.39 is 0 Å². The Morgan fingerprint density at radius 2 is 1.67 bits per heavy atom. The molecular weight excluding hydrogens is 220 g/mol. The molecular formula is C16H32N2. The van der Waals surface area contributed by atoms with Crippen LogP contribution in [-0.2, 0) is 0 Å². The number of piperidine rings is 1. The van der Waals surface area contributed by atoms with Crippen molar-refractivity contribution in [3.63, 3.8) is 0 Å². The van der Waals surface area contributed by atoms with Crippen molar-refractivity contribution in [1.29, 1.82) is 0 Å². The van der Waals surface area contributed by atoms with Crippen molar-refractivity contribution < 1.29 is 0 Å². The van der Waals surface area contributed by atoms with E-state index in [4.69, 9.17) is 0 Å². The van der Waals surface area contributed by atoms with Gasteiger partial charge in [-0.2, -0.15) is 0 Å². The Balaban J connectivity index is 2.04. The van der Waals surface area contributed by atoms with Crippen molar-refractivity contribution in [1.82, 2.24) is 10.2 Å². The van der Waals surface area contributed by atoms with Gasteiger partial charge >= 0.3 is 0 Å². The van der Waals surface area contributed by atoms with Crippen LogP contribution in [0.2, 0.25) is 0 Å². The van der Waals surface area contributed by atoms with Gasteiger partial charge in [-0.15, -0.1) is 0 Å². The van der Waals surface area contributed by atoms with E-state index in [1.807, 2.05) is 0 Å². The largest absolute Gasteiger partial charge is 0.315 e. The third-order valence-corrected chi connectivity index (χ3v) is 5.17. The van der Waals surface area contributed by atoms with Gasteiger partial charge in [0.15, 0.2) is 0 Å². The first-order valence-electron chi connectivity index (χ1n) is 8.29. The van der Waals surface area contributed by atoms with Crippen molar-refractivity contribution in [2.45, 2.75) is 89.3 Å². The average molecular weight is 252 g/mol. The standard InChI is InChI=1S/C16H32N2/c1-3-14-10-8-9-13-18(14)16-12-7-5-4-6-11-15(16)17-2/h14-17H,3-13H2,1-2H3. The van der Waals surface area contributed by atoms with Gasteiger partial charge in [0.1, 0.15) is 0 Å². The molecule has 3 atom stereocenters. The van der Waals surface area contributed by atoms with E-state index in [0.29, 0.717) is 0 Å². The molecule has 0 amide bonds. The highest BCUT2D eigenvalue weighted by atomic mass is 15.2. The molecule has 2 nitrogen and oxygen atoms in total. The molecule has 0 bridgehead atoms. The highest BCUT2D eigenvalue weighted by Crippen LogP contribution is 2.28. The number of likely N-dealkylation sites (tertiary alicyclic amines) is 1. The lowest BCUT2D eigenvalue weighted by molar-refractivity contribution is 0.0590. The summed E-state index contributed by atoms with van der Waals surface area (Å²) in [5.74, 6) is 0. The molecule has 0 spiro atoms. The lowest BCUT2D eigenvalue weighted by atomic mass is 9.88. The summed E-state index contributed by atoms with van der Waals surface area (Å²) in [4.78, 5) is 2.87. The highest BCUT2D eigenvalue weighted by molar-refractivity contribution is 4.90. The van der Waals surface area contributed by atoms with Crippen LogP contribution < -0.4 is 5.32 Å². The summed E-state index contributed by atoms with van der Waals surface area (Å²) < 4.78 is 0. The Labute approximate surface area is 114 Å². The monoisotopic (exact) mass is 252 g/mol. The molecule has 1 aliphatic carbocycles. The first-order chi connectivity index (χ1) is 8.86. The number of nitrogens with one attached hydrogen (secondary N) is 1. The molecule has 2 fully saturated rings. The Kier molecular flexibility index (Phi) is 5.97. The molecule has 0 aromatic carbocycles. The molecule has 1 aliphatic heterocycles. The summed E-state index contributed by atoms with van der Waals surface area (Å²) in [6.07, 6.45) is 14.2. The lowest BCUT2D eigenvalue weighted by Crippen LogP contribution is -2.54. The van der Waals surface area contributed by atoms with Gasteiger partial charge in [0, 0.05) is 18.1 Å². The zero-order valence-corrected chi connectivity index (χ0v) is 12.5. The quantitative estimate of drug-likeness (QED) is 0.826. The van der Waals surface area contributed by atoms with Crippen molar-refractivity contribution >= 4 is 0 Å². The van der Waals surface area contributed by atoms with E-state index in [1.54, 1.807) is 0 Å². The second-order valence-corrected chi connectivity index (χ2v) is 6.25. The molecule has 18 heavy (non-hydrogen) atoms. The number of hydrogen-bond acceptors (Lipinski definition) is 2. The van der Waals surface area contributed by atoms with Gasteiger partial charge in [0.05, 0.1) is 0 Å².